The molecule has 9 heteroatoms. The fourth-order valence-electron chi connectivity index (χ4n) is 1.83. The van der Waals surface area contributed by atoms with E-state index < -0.39 is 4.92 Å². The zero-order valence-corrected chi connectivity index (χ0v) is 12.4. The van der Waals surface area contributed by atoms with E-state index in [1.165, 1.54) is 36.5 Å². The molecule has 0 amide bonds. The summed E-state index contributed by atoms with van der Waals surface area (Å²) in [5.74, 6) is -0.312. The first-order valence-electron chi connectivity index (χ1n) is 6.73. The fraction of sp³-hybridized carbons (Fsp3) is 0.0667. The van der Waals surface area contributed by atoms with Crippen LogP contribution in [0.5, 0.6) is 5.75 Å². The molecule has 4 N–H and O–H groups in total. The van der Waals surface area contributed by atoms with Crippen LogP contribution in [-0.2, 0) is 6.61 Å². The molecule has 0 saturated heterocycles. The summed E-state index contributed by atoms with van der Waals surface area (Å²) in [5.41, 5.74) is 11.1. The van der Waals surface area contributed by atoms with Crippen LogP contribution in [0.2, 0.25) is 0 Å². The van der Waals surface area contributed by atoms with E-state index in [-0.39, 0.29) is 24.1 Å². The Morgan fingerprint density at radius 1 is 1.29 bits per heavy atom. The van der Waals surface area contributed by atoms with Gasteiger partial charge in [0.1, 0.15) is 18.2 Å². The number of ether oxygens (including phenoxy) is 1. The summed E-state index contributed by atoms with van der Waals surface area (Å²) in [5, 5.41) is 17.9. The molecule has 0 unspecified atom stereocenters. The molecule has 0 atom stereocenters. The molecule has 0 bridgehead atoms. The molecule has 2 aromatic carbocycles. The molecule has 0 aliphatic rings. The molecular weight excluding hydrogens is 317 g/mol. The summed E-state index contributed by atoms with van der Waals surface area (Å²) in [4.78, 5) is 10.3. The molecule has 0 fully saturated rings. The maximum absolute atomic E-state index is 13.2. The molecule has 0 heterocycles. The van der Waals surface area contributed by atoms with Crippen molar-refractivity contribution in [3.05, 3.63) is 69.5 Å². The number of hydrogen-bond donors (Lipinski definition) is 2. The van der Waals surface area contributed by atoms with Crippen LogP contribution in [0.3, 0.4) is 0 Å². The molecule has 2 aromatic rings. The third kappa shape index (κ3) is 4.77. The van der Waals surface area contributed by atoms with Crippen molar-refractivity contribution in [2.45, 2.75) is 6.61 Å². The van der Waals surface area contributed by atoms with E-state index in [0.717, 1.165) is 0 Å². The van der Waals surface area contributed by atoms with E-state index in [1.807, 2.05) is 0 Å². The van der Waals surface area contributed by atoms with Gasteiger partial charge < -0.3 is 16.2 Å². The van der Waals surface area contributed by atoms with Crippen molar-refractivity contribution in [2.75, 3.05) is 0 Å². The minimum absolute atomic E-state index is 0.0821. The number of benzene rings is 2. The Hall–Kier alpha value is -3.49. The Morgan fingerprint density at radius 3 is 2.75 bits per heavy atom. The number of nitrogens with two attached hydrogens (primary N) is 2. The van der Waals surface area contributed by atoms with Crippen LogP contribution in [0.25, 0.3) is 0 Å². The van der Waals surface area contributed by atoms with E-state index >= 15 is 0 Å². The Kier molecular flexibility index (Phi) is 5.40. The molecule has 0 aliphatic carbocycles. The first kappa shape index (κ1) is 16.9. The van der Waals surface area contributed by atoms with Gasteiger partial charge in [-0.15, -0.1) is 5.10 Å². The van der Waals surface area contributed by atoms with Gasteiger partial charge in [-0.25, -0.2) is 4.39 Å². The van der Waals surface area contributed by atoms with E-state index in [9.17, 15) is 14.5 Å². The summed E-state index contributed by atoms with van der Waals surface area (Å²) in [7, 11) is 0. The van der Waals surface area contributed by atoms with E-state index in [1.54, 1.807) is 12.1 Å². The summed E-state index contributed by atoms with van der Waals surface area (Å²) >= 11 is 0. The molecule has 0 radical (unpaired) electrons. The second-order valence-corrected chi connectivity index (χ2v) is 4.67. The lowest BCUT2D eigenvalue weighted by atomic mass is 10.2. The average molecular weight is 331 g/mol. The van der Waals surface area contributed by atoms with Gasteiger partial charge in [0.25, 0.3) is 5.69 Å². The maximum atomic E-state index is 13.2. The van der Waals surface area contributed by atoms with Gasteiger partial charge >= 0.3 is 0 Å². The number of guanidine groups is 1. The standard InChI is InChI=1S/C15H14FN5O3/c16-12-3-1-2-10(6-12)9-24-14-5-4-13(21(22)23)7-11(14)8-19-20-15(17)18/h1-8H,9H2,(H4,17,18,20). The largest absolute Gasteiger partial charge is 0.488 e. The first-order valence-corrected chi connectivity index (χ1v) is 6.73. The number of nitro groups is 1. The zero-order valence-electron chi connectivity index (χ0n) is 12.4. The Bertz CT molecular complexity index is 803. The van der Waals surface area contributed by atoms with Crippen LogP contribution in [0.1, 0.15) is 11.1 Å². The van der Waals surface area contributed by atoms with Crippen molar-refractivity contribution < 1.29 is 14.1 Å². The number of hydrogen-bond acceptors (Lipinski definition) is 5. The van der Waals surface area contributed by atoms with Crippen molar-refractivity contribution in [3.8, 4) is 5.75 Å². The van der Waals surface area contributed by atoms with Crippen molar-refractivity contribution in [2.24, 2.45) is 21.7 Å². The zero-order chi connectivity index (χ0) is 17.5. The molecule has 0 saturated carbocycles. The number of nitro benzene ring substituents is 1. The Balaban J connectivity index is 2.25. The second kappa shape index (κ2) is 7.68. The SMILES string of the molecule is NC(N)=NN=Cc1cc([N+](=O)[O-])ccc1OCc1cccc(F)c1. The molecule has 0 spiro atoms. The van der Waals surface area contributed by atoms with Crippen LogP contribution in [0, 0.1) is 15.9 Å². The van der Waals surface area contributed by atoms with Crippen LogP contribution in [-0.4, -0.2) is 17.1 Å². The van der Waals surface area contributed by atoms with Crippen molar-refractivity contribution in [1.29, 1.82) is 0 Å². The van der Waals surface area contributed by atoms with Gasteiger partial charge in [0.15, 0.2) is 0 Å². The van der Waals surface area contributed by atoms with Gasteiger partial charge in [0, 0.05) is 17.7 Å². The molecule has 0 aliphatic heterocycles. The molecule has 0 aromatic heterocycles. The average Bonchev–Trinajstić information content (AvgIpc) is 2.53. The number of non-ortho nitro benzene ring substituents is 1. The van der Waals surface area contributed by atoms with Gasteiger partial charge in [-0.05, 0) is 23.8 Å². The van der Waals surface area contributed by atoms with E-state index in [0.29, 0.717) is 16.9 Å². The first-order chi connectivity index (χ1) is 11.5. The van der Waals surface area contributed by atoms with Crippen LogP contribution in [0.15, 0.2) is 52.7 Å². The third-order valence-corrected chi connectivity index (χ3v) is 2.86. The quantitative estimate of drug-likeness (QED) is 0.361. The summed E-state index contributed by atoms with van der Waals surface area (Å²) in [6.45, 7) is 0.0821. The molecule has 124 valence electrons. The highest BCUT2D eigenvalue weighted by molar-refractivity contribution is 5.85. The molecule has 8 nitrogen and oxygen atoms in total. The summed E-state index contributed by atoms with van der Waals surface area (Å²) in [6.07, 6.45) is 1.23. The Morgan fingerprint density at radius 2 is 2.08 bits per heavy atom. The smallest absolute Gasteiger partial charge is 0.270 e. The number of rotatable bonds is 6. The predicted octanol–water partition coefficient (Wildman–Crippen LogP) is 1.92. The van der Waals surface area contributed by atoms with Gasteiger partial charge in [-0.1, -0.05) is 12.1 Å². The van der Waals surface area contributed by atoms with Gasteiger partial charge in [-0.3, -0.25) is 10.1 Å². The topological polar surface area (TPSA) is 129 Å². The van der Waals surface area contributed by atoms with Crippen molar-refractivity contribution in [1.82, 2.24) is 0 Å². The highest BCUT2D eigenvalue weighted by Gasteiger charge is 2.11. The Labute approximate surface area is 136 Å². The van der Waals surface area contributed by atoms with Crippen molar-refractivity contribution in [3.63, 3.8) is 0 Å². The number of nitrogens with zero attached hydrogens (tertiary/aromatic N) is 3. The van der Waals surface area contributed by atoms with Crippen LogP contribution in [0.4, 0.5) is 10.1 Å². The second-order valence-electron chi connectivity index (χ2n) is 4.67. The third-order valence-electron chi connectivity index (χ3n) is 2.86. The summed E-state index contributed by atoms with van der Waals surface area (Å²) in [6, 6.07) is 9.90. The minimum Gasteiger partial charge on any atom is -0.488 e. The maximum Gasteiger partial charge on any atom is 0.270 e. The van der Waals surface area contributed by atoms with E-state index in [2.05, 4.69) is 10.2 Å². The highest BCUT2D eigenvalue weighted by Crippen LogP contribution is 2.24. The van der Waals surface area contributed by atoms with Crippen LogP contribution < -0.4 is 16.2 Å². The number of halogens is 1. The lowest BCUT2D eigenvalue weighted by molar-refractivity contribution is -0.384. The monoisotopic (exact) mass is 331 g/mol. The lowest BCUT2D eigenvalue weighted by Gasteiger charge is -2.09. The molecule has 24 heavy (non-hydrogen) atoms. The minimum atomic E-state index is -0.547. The lowest BCUT2D eigenvalue weighted by Crippen LogP contribution is -2.21. The van der Waals surface area contributed by atoms with Gasteiger partial charge in [-0.2, -0.15) is 5.10 Å². The summed E-state index contributed by atoms with van der Waals surface area (Å²) < 4.78 is 18.7. The molecular formula is C15H14FN5O3. The van der Waals surface area contributed by atoms with E-state index in [4.69, 9.17) is 16.2 Å². The van der Waals surface area contributed by atoms with Gasteiger partial charge in [0.2, 0.25) is 5.96 Å². The predicted molar refractivity (Wildman–Crippen MR) is 87.2 cm³/mol. The van der Waals surface area contributed by atoms with Crippen LogP contribution >= 0.6 is 0 Å². The van der Waals surface area contributed by atoms with Gasteiger partial charge in [0.05, 0.1) is 11.1 Å². The highest BCUT2D eigenvalue weighted by atomic mass is 19.1. The normalized spacial score (nSPS) is 10.5. The van der Waals surface area contributed by atoms with Crippen molar-refractivity contribution >= 4 is 17.9 Å². The molecule has 2 rings (SSSR count). The fourth-order valence-corrected chi connectivity index (χ4v) is 1.83.